The fourth-order valence-corrected chi connectivity index (χ4v) is 6.23. The summed E-state index contributed by atoms with van der Waals surface area (Å²) in [6.45, 7) is 4.77. The van der Waals surface area contributed by atoms with Crippen molar-refractivity contribution in [2.45, 2.75) is 76.9 Å². The average Bonchev–Trinajstić information content (AvgIpc) is 3.46. The van der Waals surface area contributed by atoms with Crippen molar-refractivity contribution in [3.63, 3.8) is 0 Å². The van der Waals surface area contributed by atoms with Gasteiger partial charge < -0.3 is 9.88 Å². The van der Waals surface area contributed by atoms with E-state index in [1.807, 2.05) is 21.7 Å². The van der Waals surface area contributed by atoms with Crippen molar-refractivity contribution in [2.75, 3.05) is 13.1 Å². The highest BCUT2D eigenvalue weighted by molar-refractivity contribution is 7.08. The van der Waals surface area contributed by atoms with E-state index in [0.717, 1.165) is 55.1 Å². The van der Waals surface area contributed by atoms with Gasteiger partial charge >= 0.3 is 0 Å². The summed E-state index contributed by atoms with van der Waals surface area (Å²) < 4.78 is 0. The Kier molecular flexibility index (Phi) is 5.97. The van der Waals surface area contributed by atoms with Crippen molar-refractivity contribution in [1.82, 2.24) is 19.8 Å². The summed E-state index contributed by atoms with van der Waals surface area (Å²) >= 11 is 1.61. The van der Waals surface area contributed by atoms with Crippen LogP contribution in [-0.4, -0.2) is 44.8 Å². The molecule has 4 heterocycles. The van der Waals surface area contributed by atoms with E-state index in [1.54, 1.807) is 11.3 Å². The molecule has 1 saturated carbocycles. The molecule has 1 saturated heterocycles. The second kappa shape index (κ2) is 8.87. The number of likely N-dealkylation sites (tertiary alicyclic amines) is 1. The zero-order valence-corrected chi connectivity index (χ0v) is 19.1. The topological polar surface area (TPSA) is 69.3 Å². The Balaban J connectivity index is 1.32. The predicted molar refractivity (Wildman–Crippen MR) is 122 cm³/mol. The first-order valence-electron chi connectivity index (χ1n) is 11.7. The van der Waals surface area contributed by atoms with Crippen LogP contribution in [-0.2, 0) is 24.2 Å². The second-order valence-electron chi connectivity index (χ2n) is 9.56. The van der Waals surface area contributed by atoms with E-state index >= 15 is 0 Å². The van der Waals surface area contributed by atoms with Crippen molar-refractivity contribution in [1.29, 1.82) is 0 Å². The van der Waals surface area contributed by atoms with Crippen LogP contribution < -0.4 is 5.56 Å². The van der Waals surface area contributed by atoms with Crippen molar-refractivity contribution in [3.8, 4) is 0 Å². The van der Waals surface area contributed by atoms with Crippen molar-refractivity contribution in [3.05, 3.63) is 49.8 Å². The maximum Gasteiger partial charge on any atom is 0.255 e. The van der Waals surface area contributed by atoms with Crippen LogP contribution in [0.5, 0.6) is 0 Å². The molecular weight excluding hydrogens is 408 g/mol. The Morgan fingerprint density at radius 1 is 1.23 bits per heavy atom. The fraction of sp³-hybridized carbons (Fsp3) is 0.625. The van der Waals surface area contributed by atoms with E-state index in [-0.39, 0.29) is 17.5 Å². The van der Waals surface area contributed by atoms with E-state index in [4.69, 9.17) is 4.98 Å². The smallest absolute Gasteiger partial charge is 0.255 e. The standard InChI is InChI=1S/C24H32N4O2S/c1-16-4-6-18(7-5-16)27-11-8-20-19(14-27)24(30)26-23(25-20)21-3-2-10-28(21)22(29)13-17-9-12-31-15-17/h9,12,15-16,18,21H,2-8,10-11,13-14H2,1H3,(H,25,26,30)/t16?,18?,21-/m0/s1. The summed E-state index contributed by atoms with van der Waals surface area (Å²) in [6, 6.07) is 2.50. The van der Waals surface area contributed by atoms with Gasteiger partial charge in [0.1, 0.15) is 5.82 Å². The van der Waals surface area contributed by atoms with Crippen LogP contribution in [0.25, 0.3) is 0 Å². The Hall–Kier alpha value is -1.99. The molecule has 166 valence electrons. The second-order valence-corrected chi connectivity index (χ2v) is 10.3. The number of carbonyl (C=O) groups excluding carboxylic acids is 1. The number of rotatable bonds is 4. The molecule has 7 heteroatoms. The Bertz CT molecular complexity index is 978. The number of nitrogens with zero attached hydrogens (tertiary/aromatic N) is 3. The summed E-state index contributed by atoms with van der Waals surface area (Å²) in [5.74, 6) is 1.64. The number of aromatic nitrogens is 2. The molecule has 1 atom stereocenters. The summed E-state index contributed by atoms with van der Waals surface area (Å²) in [4.78, 5) is 38.3. The van der Waals surface area contributed by atoms with Crippen molar-refractivity contribution < 1.29 is 4.79 Å². The zero-order chi connectivity index (χ0) is 21.4. The van der Waals surface area contributed by atoms with Gasteiger partial charge in [0.2, 0.25) is 5.91 Å². The molecule has 0 spiro atoms. The van der Waals surface area contributed by atoms with Gasteiger partial charge in [-0.05, 0) is 66.8 Å². The maximum atomic E-state index is 13.0. The number of hydrogen-bond donors (Lipinski definition) is 1. The Labute approximate surface area is 187 Å². The van der Waals surface area contributed by atoms with Gasteiger partial charge in [-0.1, -0.05) is 6.92 Å². The van der Waals surface area contributed by atoms with Crippen molar-refractivity contribution in [2.24, 2.45) is 5.92 Å². The van der Waals surface area contributed by atoms with Gasteiger partial charge in [-0.25, -0.2) is 4.98 Å². The van der Waals surface area contributed by atoms with E-state index in [2.05, 4.69) is 16.8 Å². The summed E-state index contributed by atoms with van der Waals surface area (Å²) in [5, 5.41) is 4.03. The Morgan fingerprint density at radius 2 is 2.06 bits per heavy atom. The molecule has 0 aromatic carbocycles. The van der Waals surface area contributed by atoms with Gasteiger partial charge in [-0.3, -0.25) is 14.5 Å². The number of amides is 1. The fourth-order valence-electron chi connectivity index (χ4n) is 5.56. The summed E-state index contributed by atoms with van der Waals surface area (Å²) in [6.07, 6.45) is 8.12. The first-order chi connectivity index (χ1) is 15.1. The molecule has 2 aliphatic heterocycles. The van der Waals surface area contributed by atoms with Crippen molar-refractivity contribution >= 4 is 17.2 Å². The van der Waals surface area contributed by atoms with Gasteiger partial charge in [-0.15, -0.1) is 0 Å². The van der Waals surface area contributed by atoms with Gasteiger partial charge in [0.05, 0.1) is 23.7 Å². The van der Waals surface area contributed by atoms with E-state index < -0.39 is 0 Å². The highest BCUT2D eigenvalue weighted by atomic mass is 32.1. The third-order valence-corrected chi connectivity index (χ3v) is 8.17. The quantitative estimate of drug-likeness (QED) is 0.788. The molecule has 0 radical (unpaired) electrons. The third-order valence-electron chi connectivity index (χ3n) is 7.44. The van der Waals surface area contributed by atoms with Crippen LogP contribution in [0.1, 0.15) is 74.1 Å². The minimum Gasteiger partial charge on any atom is -0.332 e. The lowest BCUT2D eigenvalue weighted by Gasteiger charge is -2.38. The van der Waals surface area contributed by atoms with Gasteiger partial charge in [0, 0.05) is 32.1 Å². The van der Waals surface area contributed by atoms with E-state index in [0.29, 0.717) is 24.8 Å². The number of fused-ring (bicyclic) bond motifs is 1. The van der Waals surface area contributed by atoms with Crippen LogP contribution >= 0.6 is 11.3 Å². The highest BCUT2D eigenvalue weighted by Crippen LogP contribution is 2.32. The molecule has 0 bridgehead atoms. The number of hydrogen-bond acceptors (Lipinski definition) is 5. The molecule has 5 rings (SSSR count). The molecule has 1 N–H and O–H groups in total. The lowest BCUT2D eigenvalue weighted by molar-refractivity contribution is -0.131. The van der Waals surface area contributed by atoms with Gasteiger partial charge in [0.15, 0.2) is 0 Å². The van der Waals surface area contributed by atoms with E-state index in [9.17, 15) is 9.59 Å². The maximum absolute atomic E-state index is 13.0. The molecule has 3 aliphatic rings. The molecule has 6 nitrogen and oxygen atoms in total. The first-order valence-corrected chi connectivity index (χ1v) is 12.7. The molecule has 2 aromatic heterocycles. The van der Waals surface area contributed by atoms with Crippen LogP contribution in [0.3, 0.4) is 0 Å². The molecule has 1 aliphatic carbocycles. The first kappa shape index (κ1) is 20.9. The summed E-state index contributed by atoms with van der Waals surface area (Å²) in [7, 11) is 0. The van der Waals surface area contributed by atoms with Crippen LogP contribution in [0.15, 0.2) is 21.6 Å². The third kappa shape index (κ3) is 4.35. The van der Waals surface area contributed by atoms with Crippen LogP contribution in [0.2, 0.25) is 0 Å². The molecule has 1 amide bonds. The number of carbonyl (C=O) groups is 1. The SMILES string of the molecule is CC1CCC(N2CCc3nc([C@@H]4CCCN4C(=O)Cc4ccsc4)[nH]c(=O)c3C2)CC1. The normalized spacial score (nSPS) is 26.7. The summed E-state index contributed by atoms with van der Waals surface area (Å²) in [5.41, 5.74) is 2.83. The average molecular weight is 441 g/mol. The minimum atomic E-state index is -0.109. The molecule has 0 unspecified atom stereocenters. The van der Waals surface area contributed by atoms with E-state index in [1.165, 1.54) is 25.7 Å². The number of aromatic amines is 1. The number of nitrogens with one attached hydrogen (secondary N) is 1. The number of thiophene rings is 1. The lowest BCUT2D eigenvalue weighted by Crippen LogP contribution is -2.44. The molecular formula is C24H32N4O2S. The monoisotopic (exact) mass is 440 g/mol. The van der Waals surface area contributed by atoms with Gasteiger partial charge in [-0.2, -0.15) is 11.3 Å². The zero-order valence-electron chi connectivity index (χ0n) is 18.3. The lowest BCUT2D eigenvalue weighted by atomic mass is 9.86. The largest absolute Gasteiger partial charge is 0.332 e. The highest BCUT2D eigenvalue weighted by Gasteiger charge is 2.34. The van der Waals surface area contributed by atoms with Crippen LogP contribution in [0, 0.1) is 5.92 Å². The number of H-pyrrole nitrogens is 1. The van der Waals surface area contributed by atoms with Crippen LogP contribution in [0.4, 0.5) is 0 Å². The minimum absolute atomic E-state index is 0.00832. The predicted octanol–water partition coefficient (Wildman–Crippen LogP) is 3.67. The van der Waals surface area contributed by atoms with Gasteiger partial charge in [0.25, 0.3) is 5.56 Å². The molecule has 2 fully saturated rings. The molecule has 2 aromatic rings. The Morgan fingerprint density at radius 3 is 2.84 bits per heavy atom. The molecule has 31 heavy (non-hydrogen) atoms.